The van der Waals surface area contributed by atoms with Crippen molar-refractivity contribution < 1.29 is 0 Å². The first kappa shape index (κ1) is 12.9. The van der Waals surface area contributed by atoms with Crippen LogP contribution in [0, 0.1) is 5.92 Å². The highest BCUT2D eigenvalue weighted by Crippen LogP contribution is 2.22. The molecule has 0 spiro atoms. The lowest BCUT2D eigenvalue weighted by Gasteiger charge is -2.14. The average molecular weight is 228 g/mol. The van der Waals surface area contributed by atoms with Gasteiger partial charge in [0.25, 0.3) is 0 Å². The van der Waals surface area contributed by atoms with E-state index in [0.717, 1.165) is 5.92 Å². The Hall–Kier alpha value is -0.180. The van der Waals surface area contributed by atoms with E-state index < -0.39 is 0 Å². The minimum Gasteiger partial charge on any atom is -0.362 e. The van der Waals surface area contributed by atoms with Gasteiger partial charge in [-0.05, 0) is 25.2 Å². The van der Waals surface area contributed by atoms with Gasteiger partial charge in [-0.25, -0.2) is 0 Å². The number of nitrogens with one attached hydrogen (secondary N) is 1. The molecule has 1 atom stereocenters. The number of nitrogens with zero attached hydrogens (tertiary/aromatic N) is 1. The van der Waals surface area contributed by atoms with Crippen LogP contribution in [0.3, 0.4) is 0 Å². The molecule has 1 heterocycles. The lowest BCUT2D eigenvalue weighted by molar-refractivity contribution is 0.525. The first-order chi connectivity index (χ1) is 7.15. The molecule has 1 unspecified atom stereocenters. The van der Waals surface area contributed by atoms with Gasteiger partial charge in [0.05, 0.1) is 6.04 Å². The van der Waals surface area contributed by atoms with Gasteiger partial charge in [0.2, 0.25) is 0 Å². The van der Waals surface area contributed by atoms with Crippen molar-refractivity contribution in [3.63, 3.8) is 0 Å². The van der Waals surface area contributed by atoms with Crippen molar-refractivity contribution in [1.82, 2.24) is 5.32 Å². The van der Waals surface area contributed by atoms with E-state index in [9.17, 15) is 0 Å². The summed E-state index contributed by atoms with van der Waals surface area (Å²) >= 11 is 1.89. The van der Waals surface area contributed by atoms with Crippen LogP contribution in [0.25, 0.3) is 0 Å². The van der Waals surface area contributed by atoms with E-state index in [1.54, 1.807) is 0 Å². The fraction of sp³-hybridized carbons (Fsp3) is 0.917. The van der Waals surface area contributed by atoms with Crippen LogP contribution >= 0.6 is 11.8 Å². The van der Waals surface area contributed by atoms with Crippen LogP contribution in [0.4, 0.5) is 0 Å². The molecule has 0 aromatic heterocycles. The van der Waals surface area contributed by atoms with Crippen molar-refractivity contribution in [2.24, 2.45) is 10.9 Å². The minimum absolute atomic E-state index is 0.548. The SMILES string of the molecule is CCC(CC)NC1=NC(CC(C)C)CS1. The fourth-order valence-electron chi connectivity index (χ4n) is 1.83. The van der Waals surface area contributed by atoms with Crippen molar-refractivity contribution >= 4 is 16.9 Å². The Morgan fingerprint density at radius 2 is 2.07 bits per heavy atom. The van der Waals surface area contributed by atoms with Gasteiger partial charge in [0.1, 0.15) is 0 Å². The van der Waals surface area contributed by atoms with Gasteiger partial charge in [0, 0.05) is 11.8 Å². The van der Waals surface area contributed by atoms with E-state index in [-0.39, 0.29) is 0 Å². The molecule has 88 valence electrons. The van der Waals surface area contributed by atoms with Crippen molar-refractivity contribution in [2.45, 2.75) is 59.0 Å². The van der Waals surface area contributed by atoms with E-state index in [1.165, 1.54) is 30.2 Å². The van der Waals surface area contributed by atoms with E-state index >= 15 is 0 Å². The third kappa shape index (κ3) is 4.45. The lowest BCUT2D eigenvalue weighted by Crippen LogP contribution is -2.31. The van der Waals surface area contributed by atoms with Crippen molar-refractivity contribution in [3.8, 4) is 0 Å². The summed E-state index contributed by atoms with van der Waals surface area (Å²) in [6.07, 6.45) is 3.59. The second-order valence-electron chi connectivity index (χ2n) is 4.69. The highest BCUT2D eigenvalue weighted by atomic mass is 32.2. The van der Waals surface area contributed by atoms with Gasteiger partial charge in [-0.15, -0.1) is 0 Å². The third-order valence-electron chi connectivity index (χ3n) is 2.77. The van der Waals surface area contributed by atoms with Crippen LogP contribution < -0.4 is 5.32 Å². The highest BCUT2D eigenvalue weighted by Gasteiger charge is 2.20. The van der Waals surface area contributed by atoms with Crippen LogP contribution in [0.15, 0.2) is 4.99 Å². The summed E-state index contributed by atoms with van der Waals surface area (Å²) in [6.45, 7) is 9.00. The minimum atomic E-state index is 0.548. The Labute approximate surface area is 98.3 Å². The molecule has 1 rings (SSSR count). The van der Waals surface area contributed by atoms with Gasteiger partial charge in [0.15, 0.2) is 5.17 Å². The molecule has 0 radical (unpaired) electrons. The molecular formula is C12H24N2S. The maximum absolute atomic E-state index is 4.73. The average Bonchev–Trinajstić information content (AvgIpc) is 2.61. The fourth-order valence-corrected chi connectivity index (χ4v) is 2.86. The predicted molar refractivity (Wildman–Crippen MR) is 70.6 cm³/mol. The van der Waals surface area contributed by atoms with E-state index in [1.807, 2.05) is 11.8 Å². The summed E-state index contributed by atoms with van der Waals surface area (Å²) in [5, 5.41) is 4.71. The van der Waals surface area contributed by atoms with E-state index in [2.05, 4.69) is 33.0 Å². The normalized spacial score (nSPS) is 21.2. The quantitative estimate of drug-likeness (QED) is 0.781. The summed E-state index contributed by atoms with van der Waals surface area (Å²) in [5.41, 5.74) is 0. The molecule has 0 aromatic carbocycles. The summed E-state index contributed by atoms with van der Waals surface area (Å²) in [5.74, 6) is 1.92. The molecule has 3 heteroatoms. The summed E-state index contributed by atoms with van der Waals surface area (Å²) in [6, 6.07) is 1.15. The zero-order valence-electron chi connectivity index (χ0n) is 10.4. The van der Waals surface area contributed by atoms with Crippen LogP contribution in [-0.4, -0.2) is 23.0 Å². The molecule has 0 aromatic rings. The van der Waals surface area contributed by atoms with E-state index in [0.29, 0.717) is 12.1 Å². The third-order valence-corrected chi connectivity index (χ3v) is 3.82. The molecular weight excluding hydrogens is 204 g/mol. The van der Waals surface area contributed by atoms with E-state index in [4.69, 9.17) is 4.99 Å². The smallest absolute Gasteiger partial charge is 0.157 e. The first-order valence-electron chi connectivity index (χ1n) is 6.12. The first-order valence-corrected chi connectivity index (χ1v) is 7.11. The Morgan fingerprint density at radius 1 is 1.40 bits per heavy atom. The van der Waals surface area contributed by atoms with Gasteiger partial charge in [-0.1, -0.05) is 39.5 Å². The van der Waals surface area contributed by atoms with Gasteiger partial charge >= 0.3 is 0 Å². The number of aliphatic imine (C=N–C) groups is 1. The standard InChI is InChI=1S/C12H24N2S/c1-5-10(6-2)13-12-14-11(8-15-12)7-9(3)4/h9-11H,5-8H2,1-4H3,(H,13,14). The van der Waals surface area contributed by atoms with Gasteiger partial charge < -0.3 is 5.32 Å². The number of rotatable bonds is 5. The Kier molecular flexibility index (Phi) is 5.51. The summed E-state index contributed by atoms with van der Waals surface area (Å²) < 4.78 is 0. The van der Waals surface area contributed by atoms with Crippen molar-refractivity contribution in [1.29, 1.82) is 0 Å². The maximum atomic E-state index is 4.73. The zero-order chi connectivity index (χ0) is 11.3. The van der Waals surface area contributed by atoms with Crippen LogP contribution in [-0.2, 0) is 0 Å². The van der Waals surface area contributed by atoms with Gasteiger partial charge in [-0.2, -0.15) is 0 Å². The highest BCUT2D eigenvalue weighted by molar-refractivity contribution is 8.14. The summed E-state index contributed by atoms with van der Waals surface area (Å²) in [4.78, 5) is 4.73. The molecule has 2 nitrogen and oxygen atoms in total. The predicted octanol–water partition coefficient (Wildman–Crippen LogP) is 3.28. The molecule has 0 saturated carbocycles. The van der Waals surface area contributed by atoms with Crippen molar-refractivity contribution in [2.75, 3.05) is 5.75 Å². The second-order valence-corrected chi connectivity index (χ2v) is 5.70. The largest absolute Gasteiger partial charge is 0.362 e. The number of thioether (sulfide) groups is 1. The molecule has 15 heavy (non-hydrogen) atoms. The van der Waals surface area contributed by atoms with Crippen LogP contribution in [0.5, 0.6) is 0 Å². The zero-order valence-corrected chi connectivity index (χ0v) is 11.2. The van der Waals surface area contributed by atoms with Crippen LogP contribution in [0.2, 0.25) is 0 Å². The summed E-state index contributed by atoms with van der Waals surface area (Å²) in [7, 11) is 0. The molecule has 1 aliphatic rings. The Morgan fingerprint density at radius 3 is 2.60 bits per heavy atom. The second kappa shape index (κ2) is 6.41. The number of hydrogen-bond donors (Lipinski definition) is 1. The van der Waals surface area contributed by atoms with Gasteiger partial charge in [-0.3, -0.25) is 4.99 Å². The molecule has 0 saturated heterocycles. The molecule has 0 aliphatic carbocycles. The number of hydrogen-bond acceptors (Lipinski definition) is 3. The monoisotopic (exact) mass is 228 g/mol. The topological polar surface area (TPSA) is 24.4 Å². The number of amidine groups is 1. The maximum Gasteiger partial charge on any atom is 0.157 e. The molecule has 0 amide bonds. The molecule has 0 bridgehead atoms. The molecule has 0 fully saturated rings. The van der Waals surface area contributed by atoms with Crippen molar-refractivity contribution in [3.05, 3.63) is 0 Å². The molecule has 1 N–H and O–H groups in total. The molecule has 1 aliphatic heterocycles. The Bertz CT molecular complexity index is 210. The Balaban J connectivity index is 2.37. The van der Waals surface area contributed by atoms with Crippen LogP contribution in [0.1, 0.15) is 47.0 Å². The lowest BCUT2D eigenvalue weighted by atomic mass is 10.1.